The van der Waals surface area contributed by atoms with Crippen molar-refractivity contribution in [3.8, 4) is 0 Å². The molecule has 0 fully saturated rings. The van der Waals surface area contributed by atoms with E-state index in [-0.39, 0.29) is 9.90 Å². The largest absolute Gasteiger partial charge is 0.323 e. The number of hydrogen-bond donors (Lipinski definition) is 1. The second kappa shape index (κ2) is 5.68. The van der Waals surface area contributed by atoms with E-state index in [0.717, 1.165) is 23.5 Å². The molecule has 1 aromatic carbocycles. The third kappa shape index (κ3) is 3.40. The number of carbonyl (C=O) groups excluding carboxylic acids is 1. The minimum Gasteiger partial charge on any atom is -0.323 e. The molecule has 1 N–H and O–H groups in total. The van der Waals surface area contributed by atoms with Gasteiger partial charge in [0.05, 0.1) is 5.69 Å². The summed E-state index contributed by atoms with van der Waals surface area (Å²) in [7, 11) is -3.75. The zero-order valence-corrected chi connectivity index (χ0v) is 11.6. The maximum Gasteiger partial charge on any atom is 0.240 e. The van der Waals surface area contributed by atoms with Crippen LogP contribution in [0.25, 0.3) is 0 Å². The Morgan fingerprint density at radius 2 is 2.00 bits per heavy atom. The van der Waals surface area contributed by atoms with Crippen LogP contribution in [0, 0.1) is 11.6 Å². The number of benzene rings is 1. The molecule has 0 saturated carbocycles. The Bertz CT molecular complexity index is 727. The summed E-state index contributed by atoms with van der Waals surface area (Å²) in [6, 6.07) is 5.52. The highest BCUT2D eigenvalue weighted by Gasteiger charge is 2.21. The molecule has 20 heavy (non-hydrogen) atoms. The SMILES string of the molecule is O=C(CS(=O)(=O)c1cccs1)Nc1ccc(F)cc1F. The minimum atomic E-state index is -3.75. The Hall–Kier alpha value is -1.80. The number of sulfone groups is 1. The van der Waals surface area contributed by atoms with Crippen LogP contribution in [-0.2, 0) is 14.6 Å². The highest BCUT2D eigenvalue weighted by atomic mass is 32.2. The van der Waals surface area contributed by atoms with E-state index in [2.05, 4.69) is 5.32 Å². The van der Waals surface area contributed by atoms with Gasteiger partial charge in [-0.15, -0.1) is 11.3 Å². The van der Waals surface area contributed by atoms with E-state index in [9.17, 15) is 22.0 Å². The quantitative estimate of drug-likeness (QED) is 0.942. The summed E-state index contributed by atoms with van der Waals surface area (Å²) in [6.45, 7) is 0. The number of carbonyl (C=O) groups is 1. The molecule has 1 aromatic heterocycles. The summed E-state index contributed by atoms with van der Waals surface area (Å²) in [6.07, 6.45) is 0. The second-order valence-corrected chi connectivity index (χ2v) is 7.03. The van der Waals surface area contributed by atoms with Crippen molar-refractivity contribution in [2.45, 2.75) is 4.21 Å². The van der Waals surface area contributed by atoms with Gasteiger partial charge in [0.2, 0.25) is 5.91 Å². The standard InChI is InChI=1S/C12H9F2NO3S2/c13-8-3-4-10(9(14)6-8)15-11(16)7-20(17,18)12-2-1-5-19-12/h1-6H,7H2,(H,15,16). The molecule has 106 valence electrons. The van der Waals surface area contributed by atoms with Crippen molar-refractivity contribution in [3.63, 3.8) is 0 Å². The van der Waals surface area contributed by atoms with Crippen LogP contribution in [0.1, 0.15) is 0 Å². The van der Waals surface area contributed by atoms with Crippen LogP contribution in [0.4, 0.5) is 14.5 Å². The summed E-state index contributed by atoms with van der Waals surface area (Å²) in [5.41, 5.74) is -0.266. The van der Waals surface area contributed by atoms with Gasteiger partial charge in [0.1, 0.15) is 21.6 Å². The zero-order chi connectivity index (χ0) is 14.8. The molecule has 0 spiro atoms. The molecule has 8 heteroatoms. The van der Waals surface area contributed by atoms with Crippen LogP contribution in [0.15, 0.2) is 39.9 Å². The van der Waals surface area contributed by atoms with E-state index in [1.54, 1.807) is 11.4 Å². The van der Waals surface area contributed by atoms with E-state index in [4.69, 9.17) is 0 Å². The molecular weight excluding hydrogens is 308 g/mol. The third-order valence-corrected chi connectivity index (χ3v) is 5.43. The topological polar surface area (TPSA) is 63.2 Å². The first-order valence-electron chi connectivity index (χ1n) is 5.39. The van der Waals surface area contributed by atoms with E-state index >= 15 is 0 Å². The number of anilines is 1. The first-order valence-corrected chi connectivity index (χ1v) is 7.93. The van der Waals surface area contributed by atoms with Gasteiger partial charge in [-0.3, -0.25) is 4.79 Å². The fourth-order valence-electron chi connectivity index (χ4n) is 1.46. The maximum atomic E-state index is 13.3. The van der Waals surface area contributed by atoms with Gasteiger partial charge in [0.25, 0.3) is 0 Å². The predicted octanol–water partition coefficient (Wildman–Crippen LogP) is 2.44. The normalized spacial score (nSPS) is 11.3. The average Bonchev–Trinajstić information content (AvgIpc) is 2.86. The van der Waals surface area contributed by atoms with Gasteiger partial charge in [0, 0.05) is 6.07 Å². The van der Waals surface area contributed by atoms with Crippen LogP contribution in [0.5, 0.6) is 0 Å². The van der Waals surface area contributed by atoms with Gasteiger partial charge >= 0.3 is 0 Å². The van der Waals surface area contributed by atoms with Crippen LogP contribution in [0.2, 0.25) is 0 Å². The molecule has 0 aliphatic rings. The maximum absolute atomic E-state index is 13.3. The summed E-state index contributed by atoms with van der Waals surface area (Å²) in [4.78, 5) is 11.6. The molecule has 0 unspecified atom stereocenters. The van der Waals surface area contributed by atoms with Gasteiger partial charge in [-0.2, -0.15) is 0 Å². The lowest BCUT2D eigenvalue weighted by Crippen LogP contribution is -2.23. The first kappa shape index (κ1) is 14.6. The minimum absolute atomic E-state index is 0.0622. The lowest BCUT2D eigenvalue weighted by atomic mass is 10.3. The van der Waals surface area contributed by atoms with Gasteiger partial charge in [-0.25, -0.2) is 17.2 Å². The van der Waals surface area contributed by atoms with Gasteiger partial charge in [-0.05, 0) is 23.6 Å². The van der Waals surface area contributed by atoms with Crippen molar-refractivity contribution < 1.29 is 22.0 Å². The molecular formula is C12H9F2NO3S2. The van der Waals surface area contributed by atoms with Gasteiger partial charge < -0.3 is 5.32 Å². The number of rotatable bonds is 4. The Labute approximate surface area is 118 Å². The molecule has 0 radical (unpaired) electrons. The molecule has 0 aliphatic heterocycles. The number of nitrogens with one attached hydrogen (secondary N) is 1. The van der Waals surface area contributed by atoms with E-state index < -0.39 is 33.1 Å². The fourth-order valence-corrected chi connectivity index (χ4v) is 3.69. The molecule has 2 aromatic rings. The van der Waals surface area contributed by atoms with Crippen molar-refractivity contribution in [2.24, 2.45) is 0 Å². The predicted molar refractivity (Wildman–Crippen MR) is 71.4 cm³/mol. The highest BCUT2D eigenvalue weighted by Crippen LogP contribution is 2.19. The van der Waals surface area contributed by atoms with Crippen molar-refractivity contribution in [1.29, 1.82) is 0 Å². The zero-order valence-electron chi connectivity index (χ0n) is 9.97. The number of hydrogen-bond acceptors (Lipinski definition) is 4. The molecule has 2 rings (SSSR count). The number of halogens is 2. The molecule has 0 saturated heterocycles. The van der Waals surface area contributed by atoms with E-state index in [1.165, 1.54) is 6.07 Å². The number of amides is 1. The van der Waals surface area contributed by atoms with Crippen molar-refractivity contribution in [1.82, 2.24) is 0 Å². The summed E-state index contributed by atoms with van der Waals surface area (Å²) in [5.74, 6) is -3.44. The molecule has 1 heterocycles. The first-order chi connectivity index (χ1) is 9.38. The molecule has 0 aliphatic carbocycles. The van der Waals surface area contributed by atoms with Crippen LogP contribution >= 0.6 is 11.3 Å². The Balaban J connectivity index is 2.10. The Kier molecular flexibility index (Phi) is 4.15. The van der Waals surface area contributed by atoms with Crippen LogP contribution < -0.4 is 5.32 Å². The molecule has 4 nitrogen and oxygen atoms in total. The van der Waals surface area contributed by atoms with Crippen LogP contribution in [-0.4, -0.2) is 20.1 Å². The smallest absolute Gasteiger partial charge is 0.240 e. The van der Waals surface area contributed by atoms with Crippen molar-refractivity contribution in [2.75, 3.05) is 11.1 Å². The number of thiophene rings is 1. The van der Waals surface area contributed by atoms with Crippen molar-refractivity contribution >= 4 is 32.8 Å². The van der Waals surface area contributed by atoms with Gasteiger partial charge in [-0.1, -0.05) is 6.07 Å². The van der Waals surface area contributed by atoms with E-state index in [0.29, 0.717) is 6.07 Å². The summed E-state index contributed by atoms with van der Waals surface area (Å²) in [5, 5.41) is 3.67. The highest BCUT2D eigenvalue weighted by molar-refractivity contribution is 7.94. The lowest BCUT2D eigenvalue weighted by Gasteiger charge is -2.06. The molecule has 0 bridgehead atoms. The second-order valence-electron chi connectivity index (χ2n) is 3.86. The van der Waals surface area contributed by atoms with Crippen LogP contribution in [0.3, 0.4) is 0 Å². The van der Waals surface area contributed by atoms with E-state index in [1.807, 2.05) is 0 Å². The summed E-state index contributed by atoms with van der Waals surface area (Å²) >= 11 is 0.992. The van der Waals surface area contributed by atoms with Gasteiger partial charge in [0.15, 0.2) is 9.84 Å². The lowest BCUT2D eigenvalue weighted by molar-refractivity contribution is -0.113. The Morgan fingerprint density at radius 3 is 2.60 bits per heavy atom. The molecule has 1 amide bonds. The fraction of sp³-hybridized carbons (Fsp3) is 0.0833. The summed E-state index contributed by atoms with van der Waals surface area (Å²) < 4.78 is 49.7. The Morgan fingerprint density at radius 1 is 1.25 bits per heavy atom. The monoisotopic (exact) mass is 317 g/mol. The third-order valence-electron chi connectivity index (χ3n) is 2.33. The van der Waals surface area contributed by atoms with Crippen molar-refractivity contribution in [3.05, 3.63) is 47.3 Å². The molecule has 0 atom stereocenters. The average molecular weight is 317 g/mol.